The van der Waals surface area contributed by atoms with Crippen LogP contribution in [-0.2, 0) is 20.9 Å². The van der Waals surface area contributed by atoms with Crippen LogP contribution in [-0.4, -0.2) is 62.9 Å². The maximum Gasteiger partial charge on any atom is 0.326 e. The van der Waals surface area contributed by atoms with E-state index in [0.29, 0.717) is 49.4 Å². The topological polar surface area (TPSA) is 151 Å². The third-order valence-corrected chi connectivity index (χ3v) is 9.27. The molecule has 0 saturated heterocycles. The highest BCUT2D eigenvalue weighted by Crippen LogP contribution is 2.57. The van der Waals surface area contributed by atoms with E-state index in [1.54, 1.807) is 23.0 Å². The number of amides is 2. The number of ether oxygens (including phenoxy) is 1. The molecule has 248 valence electrons. The fraction of sp³-hybridized carbons (Fsp3) is 0.306. The molecule has 3 atom stereocenters. The fourth-order valence-electron chi connectivity index (χ4n) is 6.29. The Labute approximate surface area is 282 Å². The number of halogens is 1. The first kappa shape index (κ1) is 32.8. The van der Waals surface area contributed by atoms with Gasteiger partial charge in [0.05, 0.1) is 25.8 Å². The first-order valence-electron chi connectivity index (χ1n) is 15.8. The molecule has 11 nitrogen and oxygen atoms in total. The number of fused-ring (bicyclic) bond motifs is 3. The minimum atomic E-state index is -1.54. The molecular formula is C36H35ClN4O7. The lowest BCUT2D eigenvalue weighted by Gasteiger charge is -2.30. The van der Waals surface area contributed by atoms with Gasteiger partial charge in [0.15, 0.2) is 0 Å². The van der Waals surface area contributed by atoms with Crippen molar-refractivity contribution in [3.63, 3.8) is 0 Å². The molecule has 1 fully saturated rings. The van der Waals surface area contributed by atoms with Crippen molar-refractivity contribution in [3.8, 4) is 16.9 Å². The van der Waals surface area contributed by atoms with Gasteiger partial charge in [-0.25, -0.2) is 4.79 Å². The van der Waals surface area contributed by atoms with Crippen LogP contribution in [0, 0.1) is 12.8 Å². The molecule has 3 N–H and O–H groups in total. The van der Waals surface area contributed by atoms with Crippen LogP contribution >= 0.6 is 11.6 Å². The molecular weight excluding hydrogens is 636 g/mol. The normalized spacial score (nSPS) is 16.8. The quantitative estimate of drug-likeness (QED) is 0.157. The summed E-state index contributed by atoms with van der Waals surface area (Å²) in [4.78, 5) is 50.5. The van der Waals surface area contributed by atoms with Gasteiger partial charge in [-0.05, 0) is 78.6 Å². The van der Waals surface area contributed by atoms with Crippen LogP contribution in [0.1, 0.15) is 58.6 Å². The number of aromatic nitrogens is 2. The molecule has 48 heavy (non-hydrogen) atoms. The van der Waals surface area contributed by atoms with Crippen molar-refractivity contribution in [2.45, 2.75) is 51.1 Å². The Balaban J connectivity index is 1.13. The predicted molar refractivity (Wildman–Crippen MR) is 178 cm³/mol. The Morgan fingerprint density at radius 2 is 1.88 bits per heavy atom. The zero-order valence-corrected chi connectivity index (χ0v) is 27.0. The number of nitrogens with one attached hydrogen (secondary N) is 1. The zero-order chi connectivity index (χ0) is 33.9. The van der Waals surface area contributed by atoms with Gasteiger partial charge in [0.1, 0.15) is 11.8 Å². The minimum absolute atomic E-state index is 0.0717. The first-order valence-corrected chi connectivity index (χ1v) is 16.1. The minimum Gasteiger partial charge on any atom is -0.493 e. The number of carbonyl (C=O) groups excluding carboxylic acids is 2. The fourth-order valence-corrected chi connectivity index (χ4v) is 6.46. The number of anilines is 1. The standard InChI is InChI=1S/C36H35ClN4O7/c1-21-28(37)9-4-11-31(21)48-13-5-12-32(42)41-20-24-15-27(24)34-26(8-3-10-30(34)41)25-17-38-40(19-25)18-22-6-2-7-23(14-22)35(45)39-29(36(46)47)16-33(43)44/h2-4,6-11,14,17,19,24,27,29H,5,12-13,15-16,18,20H2,1H3,(H,39,45)(H,43,44)(H,46,47)/t24-,27-,29?/m0/s1. The van der Waals surface area contributed by atoms with Gasteiger partial charge in [-0.15, -0.1) is 0 Å². The Morgan fingerprint density at radius 3 is 2.67 bits per heavy atom. The van der Waals surface area contributed by atoms with Crippen LogP contribution in [0.4, 0.5) is 5.69 Å². The number of carbonyl (C=O) groups is 4. The second-order valence-corrected chi connectivity index (χ2v) is 12.7. The lowest BCUT2D eigenvalue weighted by Crippen LogP contribution is -2.42. The second-order valence-electron chi connectivity index (χ2n) is 12.2. The van der Waals surface area contributed by atoms with Gasteiger partial charge in [-0.1, -0.05) is 41.9 Å². The molecule has 2 aliphatic rings. The predicted octanol–water partition coefficient (Wildman–Crippen LogP) is 5.53. The molecule has 2 amide bonds. The number of rotatable bonds is 13. The van der Waals surface area contributed by atoms with Gasteiger partial charge in [-0.3, -0.25) is 19.1 Å². The van der Waals surface area contributed by atoms with Gasteiger partial charge in [0.25, 0.3) is 5.91 Å². The van der Waals surface area contributed by atoms with Gasteiger partial charge >= 0.3 is 11.9 Å². The lowest BCUT2D eigenvalue weighted by atomic mass is 9.92. The molecule has 1 aliphatic heterocycles. The number of aliphatic carboxylic acids is 2. The van der Waals surface area contributed by atoms with E-state index >= 15 is 0 Å². The lowest BCUT2D eigenvalue weighted by molar-refractivity contribution is -0.145. The maximum absolute atomic E-state index is 13.5. The van der Waals surface area contributed by atoms with Crippen molar-refractivity contribution in [2.75, 3.05) is 18.1 Å². The SMILES string of the molecule is Cc1c(Cl)cccc1OCCCC(=O)N1C[C@@H]2C[C@@H]2c2c(-c3cnn(Cc4cccc(C(=O)NC(CC(=O)O)C(=O)O)c4)c3)cccc21. The van der Waals surface area contributed by atoms with Crippen molar-refractivity contribution < 1.29 is 34.1 Å². The first-order chi connectivity index (χ1) is 23.1. The summed E-state index contributed by atoms with van der Waals surface area (Å²) in [6.07, 6.45) is 4.98. The van der Waals surface area contributed by atoms with Crippen molar-refractivity contribution >= 4 is 41.0 Å². The van der Waals surface area contributed by atoms with Crippen LogP contribution < -0.4 is 15.0 Å². The van der Waals surface area contributed by atoms with Crippen LogP contribution in [0.15, 0.2) is 73.1 Å². The molecule has 1 saturated carbocycles. The highest BCUT2D eigenvalue weighted by molar-refractivity contribution is 6.31. The maximum atomic E-state index is 13.5. The number of hydrogen-bond donors (Lipinski definition) is 3. The summed E-state index contributed by atoms with van der Waals surface area (Å²) in [5.41, 5.74) is 5.92. The number of carboxylic acids is 2. The van der Waals surface area contributed by atoms with Gasteiger partial charge in [-0.2, -0.15) is 5.10 Å². The Bertz CT molecular complexity index is 1890. The summed E-state index contributed by atoms with van der Waals surface area (Å²) in [6.45, 7) is 3.38. The van der Waals surface area contributed by atoms with Crippen LogP contribution in [0.5, 0.6) is 5.75 Å². The molecule has 3 aromatic carbocycles. The van der Waals surface area contributed by atoms with Crippen molar-refractivity contribution in [1.82, 2.24) is 15.1 Å². The summed E-state index contributed by atoms with van der Waals surface area (Å²) in [6, 6.07) is 16.7. The van der Waals surface area contributed by atoms with Crippen molar-refractivity contribution in [3.05, 3.63) is 100 Å². The summed E-state index contributed by atoms with van der Waals surface area (Å²) in [5, 5.41) is 25.7. The number of nitrogens with zero attached hydrogens (tertiary/aromatic N) is 3. The Morgan fingerprint density at radius 1 is 1.08 bits per heavy atom. The van der Waals surface area contributed by atoms with Crippen molar-refractivity contribution in [1.29, 1.82) is 0 Å². The molecule has 6 rings (SSSR count). The van der Waals surface area contributed by atoms with Crippen molar-refractivity contribution in [2.24, 2.45) is 5.92 Å². The molecule has 2 heterocycles. The number of carboxylic acid groups (broad SMARTS) is 2. The monoisotopic (exact) mass is 670 g/mol. The number of benzene rings is 3. The summed E-state index contributed by atoms with van der Waals surface area (Å²) >= 11 is 6.20. The molecule has 12 heteroatoms. The average Bonchev–Trinajstić information content (AvgIpc) is 3.71. The average molecular weight is 671 g/mol. The van der Waals surface area contributed by atoms with E-state index in [1.807, 2.05) is 54.4 Å². The van der Waals surface area contributed by atoms with E-state index in [4.69, 9.17) is 21.4 Å². The van der Waals surface area contributed by atoms with E-state index < -0.39 is 30.3 Å². The van der Waals surface area contributed by atoms with Crippen LogP contribution in [0.3, 0.4) is 0 Å². The molecule has 1 aromatic heterocycles. The molecule has 0 bridgehead atoms. The molecule has 1 aliphatic carbocycles. The van der Waals surface area contributed by atoms with Gasteiger partial charge in [0, 0.05) is 46.6 Å². The third kappa shape index (κ3) is 7.21. The van der Waals surface area contributed by atoms with Gasteiger partial charge in [0.2, 0.25) is 5.91 Å². The zero-order valence-electron chi connectivity index (χ0n) is 26.3. The third-order valence-electron chi connectivity index (χ3n) is 8.86. The van der Waals surface area contributed by atoms with Crippen LogP contribution in [0.25, 0.3) is 11.1 Å². The molecule has 0 radical (unpaired) electrons. The van der Waals surface area contributed by atoms with E-state index in [1.165, 1.54) is 11.6 Å². The largest absolute Gasteiger partial charge is 0.493 e. The molecule has 4 aromatic rings. The summed E-state index contributed by atoms with van der Waals surface area (Å²) in [5.74, 6) is -1.81. The van der Waals surface area contributed by atoms with E-state index in [-0.39, 0.29) is 11.5 Å². The number of hydrogen-bond acceptors (Lipinski definition) is 6. The van der Waals surface area contributed by atoms with E-state index in [9.17, 15) is 24.3 Å². The Kier molecular flexibility index (Phi) is 9.49. The highest BCUT2D eigenvalue weighted by atomic mass is 35.5. The highest BCUT2D eigenvalue weighted by Gasteiger charge is 2.47. The smallest absolute Gasteiger partial charge is 0.326 e. The molecule has 1 unspecified atom stereocenters. The van der Waals surface area contributed by atoms with Crippen LogP contribution in [0.2, 0.25) is 5.02 Å². The Hall–Kier alpha value is -5.16. The van der Waals surface area contributed by atoms with E-state index in [2.05, 4.69) is 16.5 Å². The second kappa shape index (κ2) is 13.9. The summed E-state index contributed by atoms with van der Waals surface area (Å²) in [7, 11) is 0. The van der Waals surface area contributed by atoms with Gasteiger partial charge < -0.3 is 25.2 Å². The molecule has 0 spiro atoms. The summed E-state index contributed by atoms with van der Waals surface area (Å²) < 4.78 is 7.66. The van der Waals surface area contributed by atoms with E-state index in [0.717, 1.165) is 40.1 Å².